The highest BCUT2D eigenvalue weighted by Gasteiger charge is 2.48. The molecule has 4 heteroatoms. The molecule has 2 aliphatic rings. The molecular formula is C21H23NO2S. The molecule has 1 N–H and O–H groups in total. The van der Waals surface area contributed by atoms with E-state index in [1.807, 2.05) is 19.2 Å². The predicted molar refractivity (Wildman–Crippen MR) is 103 cm³/mol. The van der Waals surface area contributed by atoms with Crippen molar-refractivity contribution in [3.63, 3.8) is 0 Å². The molecule has 0 heterocycles. The number of allylic oxidation sites excluding steroid dienone is 2. The molecule has 0 unspecified atom stereocenters. The van der Waals surface area contributed by atoms with Crippen LogP contribution in [0.4, 0.5) is 5.69 Å². The Kier molecular flexibility index (Phi) is 3.76. The standard InChI is InChI=1S/C21H23NO2S/c1-22-17-7-3-15(4-8-17)19-13-21(11-12-21)14-20(19)16-5-9-18(10-6-16)25(2,23)24/h3-10,22H,11-14H2,1-2H3. The maximum Gasteiger partial charge on any atom is 0.175 e. The SMILES string of the molecule is CNc1ccc(C2=C(c3ccc(S(C)(=O)=O)cc3)CC3(CC3)C2)cc1. The summed E-state index contributed by atoms with van der Waals surface area (Å²) in [6.07, 6.45) is 6.10. The molecule has 0 bridgehead atoms. The number of hydrogen-bond donors (Lipinski definition) is 1. The molecule has 130 valence electrons. The first-order valence-corrected chi connectivity index (χ1v) is 10.6. The monoisotopic (exact) mass is 353 g/mol. The Balaban J connectivity index is 1.75. The van der Waals surface area contributed by atoms with Gasteiger partial charge in [-0.05, 0) is 77.6 Å². The van der Waals surface area contributed by atoms with E-state index in [9.17, 15) is 8.42 Å². The summed E-state index contributed by atoms with van der Waals surface area (Å²) >= 11 is 0. The van der Waals surface area contributed by atoms with Crippen molar-refractivity contribution >= 4 is 26.7 Å². The Morgan fingerprint density at radius 1 is 0.840 bits per heavy atom. The number of hydrogen-bond acceptors (Lipinski definition) is 3. The third kappa shape index (κ3) is 3.11. The van der Waals surface area contributed by atoms with Gasteiger partial charge >= 0.3 is 0 Å². The molecule has 1 saturated carbocycles. The predicted octanol–water partition coefficient (Wildman–Crippen LogP) is 4.62. The van der Waals surface area contributed by atoms with Gasteiger partial charge in [0.2, 0.25) is 0 Å². The lowest BCUT2D eigenvalue weighted by Gasteiger charge is -2.10. The maximum absolute atomic E-state index is 11.7. The topological polar surface area (TPSA) is 46.2 Å². The summed E-state index contributed by atoms with van der Waals surface area (Å²) in [5.41, 5.74) is 6.82. The van der Waals surface area contributed by atoms with Crippen LogP contribution in [0.1, 0.15) is 36.8 Å². The summed E-state index contributed by atoms with van der Waals surface area (Å²) in [7, 11) is -1.22. The van der Waals surface area contributed by atoms with E-state index in [-0.39, 0.29) is 0 Å². The van der Waals surface area contributed by atoms with Gasteiger partial charge in [-0.1, -0.05) is 24.3 Å². The highest BCUT2D eigenvalue weighted by molar-refractivity contribution is 7.90. The average molecular weight is 353 g/mol. The minimum atomic E-state index is -3.15. The van der Waals surface area contributed by atoms with Crippen LogP contribution < -0.4 is 5.32 Å². The largest absolute Gasteiger partial charge is 0.388 e. The number of rotatable bonds is 4. The van der Waals surface area contributed by atoms with Gasteiger partial charge in [-0.15, -0.1) is 0 Å². The van der Waals surface area contributed by atoms with Crippen molar-refractivity contribution in [3.8, 4) is 0 Å². The molecular weight excluding hydrogens is 330 g/mol. The van der Waals surface area contributed by atoms with Crippen LogP contribution in [0.25, 0.3) is 11.1 Å². The lowest BCUT2D eigenvalue weighted by atomic mass is 9.97. The molecule has 2 aromatic carbocycles. The molecule has 1 fully saturated rings. The van der Waals surface area contributed by atoms with Gasteiger partial charge in [-0.25, -0.2) is 8.42 Å². The lowest BCUT2D eigenvalue weighted by Crippen LogP contribution is -1.97. The summed E-state index contributed by atoms with van der Waals surface area (Å²) in [5, 5.41) is 3.16. The van der Waals surface area contributed by atoms with Crippen LogP contribution in [0.3, 0.4) is 0 Å². The Hall–Kier alpha value is -2.07. The van der Waals surface area contributed by atoms with Crippen LogP contribution >= 0.6 is 0 Å². The van der Waals surface area contributed by atoms with Crippen LogP contribution in [0.2, 0.25) is 0 Å². The fraction of sp³-hybridized carbons (Fsp3) is 0.333. The summed E-state index contributed by atoms with van der Waals surface area (Å²) in [6, 6.07) is 16.0. The number of anilines is 1. The van der Waals surface area contributed by atoms with Crippen LogP contribution in [0.5, 0.6) is 0 Å². The van der Waals surface area contributed by atoms with Crippen LogP contribution in [0.15, 0.2) is 53.4 Å². The first kappa shape index (κ1) is 16.4. The maximum atomic E-state index is 11.7. The van der Waals surface area contributed by atoms with Crippen LogP contribution in [-0.2, 0) is 9.84 Å². The normalized spacial score (nSPS) is 18.6. The zero-order valence-electron chi connectivity index (χ0n) is 14.7. The van der Waals surface area contributed by atoms with Crippen LogP contribution in [-0.4, -0.2) is 21.7 Å². The van der Waals surface area contributed by atoms with E-state index in [2.05, 4.69) is 29.6 Å². The van der Waals surface area contributed by atoms with Gasteiger partial charge in [-0.2, -0.15) is 0 Å². The third-order valence-corrected chi connectivity index (χ3v) is 6.71. The quantitative estimate of drug-likeness (QED) is 0.872. The highest BCUT2D eigenvalue weighted by atomic mass is 32.2. The van der Waals surface area contributed by atoms with E-state index in [1.54, 1.807) is 12.1 Å². The minimum Gasteiger partial charge on any atom is -0.388 e. The fourth-order valence-electron chi connectivity index (χ4n) is 3.85. The summed E-state index contributed by atoms with van der Waals surface area (Å²) in [4.78, 5) is 0.385. The van der Waals surface area contributed by atoms with E-state index in [4.69, 9.17) is 0 Å². The first-order valence-electron chi connectivity index (χ1n) is 8.71. The number of sulfone groups is 1. The smallest absolute Gasteiger partial charge is 0.175 e. The molecule has 0 saturated heterocycles. The molecule has 2 aromatic rings. The zero-order chi connectivity index (χ0) is 17.7. The second kappa shape index (κ2) is 5.73. The molecule has 0 aromatic heterocycles. The van der Waals surface area contributed by atoms with Gasteiger partial charge in [-0.3, -0.25) is 0 Å². The Morgan fingerprint density at radius 3 is 1.72 bits per heavy atom. The van der Waals surface area contributed by atoms with E-state index in [0.717, 1.165) is 24.1 Å². The average Bonchev–Trinajstić information content (AvgIpc) is 3.25. The van der Waals surface area contributed by atoms with Crippen molar-refractivity contribution in [1.29, 1.82) is 0 Å². The van der Waals surface area contributed by atoms with Crippen molar-refractivity contribution in [2.75, 3.05) is 18.6 Å². The van der Waals surface area contributed by atoms with E-state index in [0.29, 0.717) is 10.3 Å². The summed E-state index contributed by atoms with van der Waals surface area (Å²) in [6.45, 7) is 0. The van der Waals surface area contributed by atoms with Gasteiger partial charge in [0.15, 0.2) is 9.84 Å². The second-order valence-electron chi connectivity index (χ2n) is 7.43. The fourth-order valence-corrected chi connectivity index (χ4v) is 4.48. The Morgan fingerprint density at radius 2 is 1.32 bits per heavy atom. The molecule has 4 rings (SSSR count). The van der Waals surface area contributed by atoms with E-state index >= 15 is 0 Å². The van der Waals surface area contributed by atoms with Gasteiger partial charge in [0.1, 0.15) is 0 Å². The third-order valence-electron chi connectivity index (χ3n) is 5.58. The van der Waals surface area contributed by atoms with Crippen molar-refractivity contribution < 1.29 is 8.42 Å². The van der Waals surface area contributed by atoms with Gasteiger partial charge in [0.25, 0.3) is 0 Å². The van der Waals surface area contributed by atoms with Crippen molar-refractivity contribution in [2.45, 2.75) is 30.6 Å². The lowest BCUT2D eigenvalue weighted by molar-refractivity contribution is 0.568. The van der Waals surface area contributed by atoms with E-state index < -0.39 is 9.84 Å². The highest BCUT2D eigenvalue weighted by Crippen LogP contribution is 2.63. The van der Waals surface area contributed by atoms with Crippen LogP contribution in [0, 0.1) is 5.41 Å². The van der Waals surface area contributed by atoms with E-state index in [1.165, 1.54) is 35.8 Å². The van der Waals surface area contributed by atoms with Gasteiger partial charge < -0.3 is 5.32 Å². The molecule has 0 radical (unpaired) electrons. The molecule has 0 aliphatic heterocycles. The van der Waals surface area contributed by atoms with Gasteiger partial charge in [0.05, 0.1) is 4.90 Å². The van der Waals surface area contributed by atoms with Crippen molar-refractivity contribution in [3.05, 3.63) is 59.7 Å². The molecule has 1 spiro atoms. The Labute approximate surface area is 149 Å². The van der Waals surface area contributed by atoms with Crippen molar-refractivity contribution in [1.82, 2.24) is 0 Å². The molecule has 2 aliphatic carbocycles. The molecule has 3 nitrogen and oxygen atoms in total. The van der Waals surface area contributed by atoms with Crippen molar-refractivity contribution in [2.24, 2.45) is 5.41 Å². The zero-order valence-corrected chi connectivity index (χ0v) is 15.5. The molecule has 25 heavy (non-hydrogen) atoms. The van der Waals surface area contributed by atoms with Gasteiger partial charge in [0, 0.05) is 19.0 Å². The molecule has 0 amide bonds. The first-order chi connectivity index (χ1) is 11.9. The second-order valence-corrected chi connectivity index (χ2v) is 9.45. The molecule has 0 atom stereocenters. The summed E-state index contributed by atoms with van der Waals surface area (Å²) < 4.78 is 23.4. The number of nitrogens with one attached hydrogen (secondary N) is 1. The number of benzene rings is 2. The Bertz CT molecular complexity index is 934. The minimum absolute atomic E-state index is 0.385. The summed E-state index contributed by atoms with van der Waals surface area (Å²) in [5.74, 6) is 0.